The molecule has 1 aliphatic rings. The van der Waals surface area contributed by atoms with E-state index in [4.69, 9.17) is 4.74 Å². The van der Waals surface area contributed by atoms with Crippen molar-refractivity contribution in [1.82, 2.24) is 15.3 Å². The lowest BCUT2D eigenvalue weighted by Gasteiger charge is -2.36. The Labute approximate surface area is 173 Å². The fourth-order valence-corrected chi connectivity index (χ4v) is 3.41. The minimum absolute atomic E-state index is 0.134. The fourth-order valence-electron chi connectivity index (χ4n) is 3.41. The van der Waals surface area contributed by atoms with Crippen LogP contribution in [-0.4, -0.2) is 55.7 Å². The smallest absolute Gasteiger partial charge is 0.270 e. The zero-order valence-corrected chi connectivity index (χ0v) is 17.8. The van der Waals surface area contributed by atoms with Crippen molar-refractivity contribution in [2.75, 3.05) is 49.6 Å². The summed E-state index contributed by atoms with van der Waals surface area (Å²) in [6.45, 7) is 10.1. The summed E-state index contributed by atoms with van der Waals surface area (Å²) in [6, 6.07) is 9.82. The highest BCUT2D eigenvalue weighted by Gasteiger charge is 2.22. The number of nitrogens with zero attached hydrogens (tertiary/aromatic N) is 4. The maximum Gasteiger partial charge on any atom is 0.270 e. The Kier molecular flexibility index (Phi) is 6.90. The Bertz CT molecular complexity index is 832. The summed E-state index contributed by atoms with van der Waals surface area (Å²) in [5.41, 5.74) is 2.34. The van der Waals surface area contributed by atoms with Gasteiger partial charge in [-0.2, -0.15) is 0 Å². The summed E-state index contributed by atoms with van der Waals surface area (Å²) in [5.74, 6) is 1.93. The Morgan fingerprint density at radius 2 is 1.83 bits per heavy atom. The molecule has 7 nitrogen and oxygen atoms in total. The van der Waals surface area contributed by atoms with E-state index in [1.807, 2.05) is 25.1 Å². The van der Waals surface area contributed by atoms with Crippen LogP contribution < -0.4 is 19.9 Å². The molecule has 2 heterocycles. The van der Waals surface area contributed by atoms with E-state index < -0.39 is 0 Å². The number of nitrogens with one attached hydrogen (secondary N) is 1. The van der Waals surface area contributed by atoms with Crippen LogP contribution in [0.4, 0.5) is 11.6 Å². The second kappa shape index (κ2) is 9.58. The van der Waals surface area contributed by atoms with Gasteiger partial charge in [-0.1, -0.05) is 26.0 Å². The van der Waals surface area contributed by atoms with Crippen molar-refractivity contribution in [2.24, 2.45) is 5.92 Å². The minimum atomic E-state index is -0.134. The maximum atomic E-state index is 12.5. The van der Waals surface area contributed by atoms with E-state index >= 15 is 0 Å². The number of para-hydroxylation sites is 2. The van der Waals surface area contributed by atoms with Gasteiger partial charge in [0.15, 0.2) is 0 Å². The van der Waals surface area contributed by atoms with E-state index in [-0.39, 0.29) is 5.91 Å². The number of amides is 1. The standard InChI is InChI=1S/C22H31N5O2/c1-16(2)9-10-23-21(28)18-15-17(3)24-22(25-18)27-13-11-26(12-14-27)19-7-5-6-8-20(19)29-4/h5-8,15-16H,9-14H2,1-4H3,(H,23,28). The highest BCUT2D eigenvalue weighted by Crippen LogP contribution is 2.28. The molecule has 1 amide bonds. The number of hydrogen-bond acceptors (Lipinski definition) is 6. The molecule has 29 heavy (non-hydrogen) atoms. The van der Waals surface area contributed by atoms with Crippen LogP contribution in [0.3, 0.4) is 0 Å². The lowest BCUT2D eigenvalue weighted by Crippen LogP contribution is -2.47. The van der Waals surface area contributed by atoms with Crippen molar-refractivity contribution in [3.05, 3.63) is 41.7 Å². The van der Waals surface area contributed by atoms with E-state index in [9.17, 15) is 4.79 Å². The van der Waals surface area contributed by atoms with Crippen molar-refractivity contribution < 1.29 is 9.53 Å². The van der Waals surface area contributed by atoms with E-state index in [2.05, 4.69) is 45.0 Å². The van der Waals surface area contributed by atoms with Crippen LogP contribution in [0.2, 0.25) is 0 Å². The molecule has 1 aromatic heterocycles. The first kappa shape index (κ1) is 20.9. The molecule has 1 fully saturated rings. The first-order valence-electron chi connectivity index (χ1n) is 10.2. The molecule has 3 rings (SSSR count). The molecule has 156 valence electrons. The number of aromatic nitrogens is 2. The summed E-state index contributed by atoms with van der Waals surface area (Å²) in [7, 11) is 1.70. The average molecular weight is 398 g/mol. The van der Waals surface area contributed by atoms with Crippen molar-refractivity contribution >= 4 is 17.5 Å². The van der Waals surface area contributed by atoms with Crippen LogP contribution in [0, 0.1) is 12.8 Å². The summed E-state index contributed by atoms with van der Waals surface area (Å²) in [6.07, 6.45) is 0.952. The summed E-state index contributed by atoms with van der Waals surface area (Å²) < 4.78 is 5.49. The van der Waals surface area contributed by atoms with Gasteiger partial charge in [0, 0.05) is 38.4 Å². The van der Waals surface area contributed by atoms with Crippen molar-refractivity contribution in [2.45, 2.75) is 27.2 Å². The summed E-state index contributed by atoms with van der Waals surface area (Å²) in [4.78, 5) is 26.0. The largest absolute Gasteiger partial charge is 0.495 e. The maximum absolute atomic E-state index is 12.5. The zero-order valence-electron chi connectivity index (χ0n) is 17.8. The normalized spacial score (nSPS) is 14.2. The summed E-state index contributed by atoms with van der Waals surface area (Å²) >= 11 is 0. The van der Waals surface area contributed by atoms with Gasteiger partial charge < -0.3 is 19.9 Å². The highest BCUT2D eigenvalue weighted by molar-refractivity contribution is 5.92. The predicted octanol–water partition coefficient (Wildman–Crippen LogP) is 2.90. The number of piperazine rings is 1. The Morgan fingerprint density at radius 3 is 2.52 bits per heavy atom. The quantitative estimate of drug-likeness (QED) is 0.775. The van der Waals surface area contributed by atoms with E-state index in [1.165, 1.54) is 0 Å². The van der Waals surface area contributed by atoms with Crippen molar-refractivity contribution in [3.63, 3.8) is 0 Å². The number of carbonyl (C=O) groups excluding carboxylic acids is 1. The molecule has 0 unspecified atom stereocenters. The van der Waals surface area contributed by atoms with Gasteiger partial charge in [0.2, 0.25) is 5.95 Å². The van der Waals surface area contributed by atoms with Gasteiger partial charge in [0.1, 0.15) is 11.4 Å². The Morgan fingerprint density at radius 1 is 1.14 bits per heavy atom. The molecule has 1 N–H and O–H groups in total. The average Bonchev–Trinajstić information content (AvgIpc) is 2.73. The van der Waals surface area contributed by atoms with Gasteiger partial charge in [-0.3, -0.25) is 4.79 Å². The number of hydrogen-bond donors (Lipinski definition) is 1. The van der Waals surface area contributed by atoms with Crippen LogP contribution in [0.25, 0.3) is 0 Å². The van der Waals surface area contributed by atoms with Crippen LogP contribution in [0.5, 0.6) is 5.75 Å². The van der Waals surface area contributed by atoms with E-state index in [0.29, 0.717) is 24.1 Å². The molecule has 0 radical (unpaired) electrons. The molecule has 0 bridgehead atoms. The third-order valence-electron chi connectivity index (χ3n) is 5.07. The number of benzene rings is 1. The molecular formula is C22H31N5O2. The fraction of sp³-hybridized carbons (Fsp3) is 0.500. The van der Waals surface area contributed by atoms with Crippen LogP contribution in [0.1, 0.15) is 36.5 Å². The topological polar surface area (TPSA) is 70.6 Å². The summed E-state index contributed by atoms with van der Waals surface area (Å²) in [5, 5.41) is 2.96. The molecular weight excluding hydrogens is 366 g/mol. The molecule has 1 aliphatic heterocycles. The third kappa shape index (κ3) is 5.37. The molecule has 7 heteroatoms. The Balaban J connectivity index is 1.66. The lowest BCUT2D eigenvalue weighted by molar-refractivity contribution is 0.0946. The van der Waals surface area contributed by atoms with E-state index in [0.717, 1.165) is 49.7 Å². The molecule has 0 saturated carbocycles. The monoisotopic (exact) mass is 397 g/mol. The molecule has 0 spiro atoms. The van der Waals surface area contributed by atoms with Crippen LogP contribution in [0.15, 0.2) is 30.3 Å². The van der Waals surface area contributed by atoms with Gasteiger partial charge in [0.25, 0.3) is 5.91 Å². The van der Waals surface area contributed by atoms with Gasteiger partial charge in [-0.05, 0) is 37.5 Å². The first-order chi connectivity index (χ1) is 14.0. The van der Waals surface area contributed by atoms with E-state index in [1.54, 1.807) is 13.2 Å². The predicted molar refractivity (Wildman–Crippen MR) is 116 cm³/mol. The number of aryl methyl sites for hydroxylation is 1. The van der Waals surface area contributed by atoms with Gasteiger partial charge >= 0.3 is 0 Å². The second-order valence-electron chi connectivity index (χ2n) is 7.78. The lowest BCUT2D eigenvalue weighted by atomic mass is 10.1. The highest BCUT2D eigenvalue weighted by atomic mass is 16.5. The third-order valence-corrected chi connectivity index (χ3v) is 5.07. The number of methoxy groups -OCH3 is 1. The molecule has 0 atom stereocenters. The number of carbonyl (C=O) groups is 1. The van der Waals surface area contributed by atoms with Crippen molar-refractivity contribution in [1.29, 1.82) is 0 Å². The van der Waals surface area contributed by atoms with Gasteiger partial charge in [0.05, 0.1) is 12.8 Å². The number of anilines is 2. The number of rotatable bonds is 7. The van der Waals surface area contributed by atoms with Gasteiger partial charge in [-0.15, -0.1) is 0 Å². The molecule has 1 saturated heterocycles. The number of ether oxygens (including phenoxy) is 1. The van der Waals surface area contributed by atoms with Gasteiger partial charge in [-0.25, -0.2) is 9.97 Å². The molecule has 1 aromatic carbocycles. The molecule has 2 aromatic rings. The van der Waals surface area contributed by atoms with Crippen LogP contribution in [-0.2, 0) is 0 Å². The Hall–Kier alpha value is -2.83. The molecule has 0 aliphatic carbocycles. The minimum Gasteiger partial charge on any atom is -0.495 e. The zero-order chi connectivity index (χ0) is 20.8. The second-order valence-corrected chi connectivity index (χ2v) is 7.78. The van der Waals surface area contributed by atoms with Crippen molar-refractivity contribution in [3.8, 4) is 5.75 Å². The SMILES string of the molecule is COc1ccccc1N1CCN(c2nc(C)cc(C(=O)NCCC(C)C)n2)CC1. The first-order valence-corrected chi connectivity index (χ1v) is 10.2. The van der Waals surface area contributed by atoms with Crippen LogP contribution >= 0.6 is 0 Å².